The first-order valence-electron chi connectivity index (χ1n) is 9.51. The number of hydrogen-bond donors (Lipinski definition) is 2. The number of aliphatic hydroxyl groups is 1. The van der Waals surface area contributed by atoms with E-state index in [0.717, 1.165) is 42.0 Å². The first-order valence-corrected chi connectivity index (χ1v) is 10.3. The lowest BCUT2D eigenvalue weighted by Gasteiger charge is -2.27. The number of nitrogens with one attached hydrogen (secondary N) is 1. The maximum Gasteiger partial charge on any atom is 0.184 e. The lowest BCUT2D eigenvalue weighted by Crippen LogP contribution is -2.36. The number of hydrogen-bond acceptors (Lipinski definition) is 5. The summed E-state index contributed by atoms with van der Waals surface area (Å²) in [5, 5.41) is 14.5. The van der Waals surface area contributed by atoms with Gasteiger partial charge in [-0.15, -0.1) is 0 Å². The van der Waals surface area contributed by atoms with Gasteiger partial charge in [0.2, 0.25) is 0 Å². The SMILES string of the molecule is O[C@@H]1CCCC[C@H]1Nc1nc2ccc(Cc3cnc4ccccn34)cc2s1. The van der Waals surface area contributed by atoms with E-state index in [0.29, 0.717) is 0 Å². The van der Waals surface area contributed by atoms with Gasteiger partial charge in [0.25, 0.3) is 0 Å². The molecule has 27 heavy (non-hydrogen) atoms. The number of pyridine rings is 1. The quantitative estimate of drug-likeness (QED) is 0.557. The zero-order valence-corrected chi connectivity index (χ0v) is 15.8. The van der Waals surface area contributed by atoms with E-state index in [1.807, 2.05) is 24.4 Å². The Balaban J connectivity index is 1.39. The second-order valence-corrected chi connectivity index (χ2v) is 8.31. The molecule has 5 nitrogen and oxygen atoms in total. The minimum atomic E-state index is -0.267. The highest BCUT2D eigenvalue weighted by molar-refractivity contribution is 7.22. The van der Waals surface area contributed by atoms with Crippen LogP contribution in [0.1, 0.15) is 36.9 Å². The van der Waals surface area contributed by atoms with E-state index >= 15 is 0 Å². The van der Waals surface area contributed by atoms with Crippen LogP contribution in [0.3, 0.4) is 0 Å². The molecule has 1 aromatic carbocycles. The van der Waals surface area contributed by atoms with Crippen LogP contribution in [0.4, 0.5) is 5.13 Å². The Kier molecular flexibility index (Phi) is 4.30. The number of thiazole rings is 1. The molecule has 1 saturated carbocycles. The van der Waals surface area contributed by atoms with Crippen molar-refractivity contribution in [2.24, 2.45) is 0 Å². The third-order valence-corrected chi connectivity index (χ3v) is 6.32. The Hall–Kier alpha value is -2.44. The fourth-order valence-electron chi connectivity index (χ4n) is 3.90. The molecule has 3 heterocycles. The molecule has 0 saturated heterocycles. The summed E-state index contributed by atoms with van der Waals surface area (Å²) >= 11 is 1.67. The van der Waals surface area contributed by atoms with Crippen LogP contribution >= 0.6 is 11.3 Å². The number of rotatable bonds is 4. The number of fused-ring (bicyclic) bond motifs is 2. The minimum absolute atomic E-state index is 0.122. The molecule has 6 heteroatoms. The van der Waals surface area contributed by atoms with E-state index < -0.39 is 0 Å². The van der Waals surface area contributed by atoms with Crippen LogP contribution in [0.15, 0.2) is 48.8 Å². The van der Waals surface area contributed by atoms with Gasteiger partial charge in [-0.2, -0.15) is 0 Å². The van der Waals surface area contributed by atoms with E-state index in [-0.39, 0.29) is 12.1 Å². The van der Waals surface area contributed by atoms with Crippen molar-refractivity contribution in [3.63, 3.8) is 0 Å². The average Bonchev–Trinajstić information content (AvgIpc) is 3.27. The van der Waals surface area contributed by atoms with Crippen molar-refractivity contribution < 1.29 is 5.11 Å². The Bertz CT molecular complexity index is 1090. The van der Waals surface area contributed by atoms with E-state index in [1.165, 1.54) is 22.4 Å². The summed E-state index contributed by atoms with van der Waals surface area (Å²) in [5.41, 5.74) is 4.41. The van der Waals surface area contributed by atoms with Gasteiger partial charge in [-0.1, -0.05) is 36.3 Å². The van der Waals surface area contributed by atoms with Crippen LogP contribution in [0, 0.1) is 0 Å². The minimum Gasteiger partial charge on any atom is -0.391 e. The van der Waals surface area contributed by atoms with E-state index in [4.69, 9.17) is 4.98 Å². The summed E-state index contributed by atoms with van der Waals surface area (Å²) in [6, 6.07) is 12.6. The monoisotopic (exact) mass is 378 g/mol. The van der Waals surface area contributed by atoms with Gasteiger partial charge in [0.1, 0.15) is 5.65 Å². The molecule has 0 spiro atoms. The van der Waals surface area contributed by atoms with Crippen LogP contribution < -0.4 is 5.32 Å². The van der Waals surface area contributed by atoms with Gasteiger partial charge in [-0.05, 0) is 42.7 Å². The molecule has 0 bridgehead atoms. The third-order valence-electron chi connectivity index (χ3n) is 5.37. The molecule has 4 aromatic rings. The zero-order chi connectivity index (χ0) is 18.2. The summed E-state index contributed by atoms with van der Waals surface area (Å²) in [6.45, 7) is 0. The lowest BCUT2D eigenvalue weighted by molar-refractivity contribution is 0.116. The number of anilines is 1. The van der Waals surface area contributed by atoms with Crippen molar-refractivity contribution in [2.45, 2.75) is 44.2 Å². The van der Waals surface area contributed by atoms with Crippen LogP contribution in [0.2, 0.25) is 0 Å². The van der Waals surface area contributed by atoms with Gasteiger partial charge in [0.15, 0.2) is 5.13 Å². The molecule has 3 aromatic heterocycles. The third kappa shape index (κ3) is 3.31. The fourth-order valence-corrected chi connectivity index (χ4v) is 4.90. The molecule has 0 unspecified atom stereocenters. The standard InChI is InChI=1S/C21H22N4OS/c26-18-6-2-1-5-16(18)23-21-24-17-9-8-14(12-19(17)27-21)11-15-13-22-20-7-3-4-10-25(15)20/h3-4,7-10,12-13,16,18,26H,1-2,5-6,11H2,(H,23,24)/t16-,18-/m1/s1. The Morgan fingerprint density at radius 3 is 3.04 bits per heavy atom. The molecule has 1 aliphatic rings. The molecule has 0 aliphatic heterocycles. The number of imidazole rings is 1. The molecule has 0 amide bonds. The summed E-state index contributed by atoms with van der Waals surface area (Å²) in [4.78, 5) is 9.18. The number of benzene rings is 1. The predicted molar refractivity (Wildman–Crippen MR) is 110 cm³/mol. The lowest BCUT2D eigenvalue weighted by atomic mass is 9.93. The van der Waals surface area contributed by atoms with Crippen LogP contribution in [-0.2, 0) is 6.42 Å². The molecule has 2 N–H and O–H groups in total. The highest BCUT2D eigenvalue weighted by Crippen LogP contribution is 2.30. The summed E-state index contributed by atoms with van der Waals surface area (Å²) < 4.78 is 3.31. The maximum absolute atomic E-state index is 10.2. The van der Waals surface area contributed by atoms with Crippen molar-refractivity contribution in [1.82, 2.24) is 14.4 Å². The molecule has 1 aliphatic carbocycles. The molecule has 1 fully saturated rings. The van der Waals surface area contributed by atoms with Gasteiger partial charge in [0, 0.05) is 24.5 Å². The smallest absolute Gasteiger partial charge is 0.184 e. The van der Waals surface area contributed by atoms with Crippen molar-refractivity contribution >= 4 is 32.3 Å². The largest absolute Gasteiger partial charge is 0.391 e. The molecule has 5 rings (SSSR count). The van der Waals surface area contributed by atoms with E-state index in [1.54, 1.807) is 11.3 Å². The number of aliphatic hydroxyl groups excluding tert-OH is 1. The highest BCUT2D eigenvalue weighted by Gasteiger charge is 2.23. The second kappa shape index (κ2) is 6.94. The van der Waals surface area contributed by atoms with Crippen LogP contribution in [-0.4, -0.2) is 31.6 Å². The topological polar surface area (TPSA) is 62.5 Å². The second-order valence-electron chi connectivity index (χ2n) is 7.28. The Morgan fingerprint density at radius 1 is 1.19 bits per heavy atom. The Morgan fingerprint density at radius 2 is 2.11 bits per heavy atom. The number of aromatic nitrogens is 3. The Labute approximate surface area is 161 Å². The van der Waals surface area contributed by atoms with Gasteiger partial charge < -0.3 is 14.8 Å². The molecule has 138 valence electrons. The summed E-state index contributed by atoms with van der Waals surface area (Å²) in [6.07, 6.45) is 8.75. The zero-order valence-electron chi connectivity index (χ0n) is 15.0. The van der Waals surface area contributed by atoms with E-state index in [9.17, 15) is 5.11 Å². The average molecular weight is 379 g/mol. The molecule has 2 atom stereocenters. The van der Waals surface area contributed by atoms with Gasteiger partial charge >= 0.3 is 0 Å². The van der Waals surface area contributed by atoms with Crippen molar-refractivity contribution in [2.75, 3.05) is 5.32 Å². The first-order chi connectivity index (χ1) is 13.3. The molecular formula is C21H22N4OS. The summed E-state index contributed by atoms with van der Waals surface area (Å²) in [5.74, 6) is 0. The molecule has 0 radical (unpaired) electrons. The first kappa shape index (κ1) is 16.7. The maximum atomic E-state index is 10.2. The fraction of sp³-hybridized carbons (Fsp3) is 0.333. The van der Waals surface area contributed by atoms with Crippen LogP contribution in [0.5, 0.6) is 0 Å². The van der Waals surface area contributed by atoms with Gasteiger partial charge in [-0.25, -0.2) is 9.97 Å². The van der Waals surface area contributed by atoms with Crippen molar-refractivity contribution in [3.05, 3.63) is 60.0 Å². The van der Waals surface area contributed by atoms with Crippen molar-refractivity contribution in [1.29, 1.82) is 0 Å². The van der Waals surface area contributed by atoms with E-state index in [2.05, 4.69) is 39.1 Å². The van der Waals surface area contributed by atoms with Gasteiger partial charge in [0.05, 0.1) is 22.4 Å². The van der Waals surface area contributed by atoms with Crippen LogP contribution in [0.25, 0.3) is 15.9 Å². The normalized spacial score (nSPS) is 20.3. The van der Waals surface area contributed by atoms with Crippen molar-refractivity contribution in [3.8, 4) is 0 Å². The predicted octanol–water partition coefficient (Wildman–Crippen LogP) is 4.25. The number of nitrogens with zero attached hydrogens (tertiary/aromatic N) is 3. The highest BCUT2D eigenvalue weighted by atomic mass is 32.1. The molecular weight excluding hydrogens is 356 g/mol. The summed E-state index contributed by atoms with van der Waals surface area (Å²) in [7, 11) is 0. The van der Waals surface area contributed by atoms with Gasteiger partial charge in [-0.3, -0.25) is 0 Å².